The van der Waals surface area contributed by atoms with Gasteiger partial charge < -0.3 is 25.6 Å². The molecule has 198 valence electrons. The van der Waals surface area contributed by atoms with E-state index >= 15 is 0 Å². The summed E-state index contributed by atoms with van der Waals surface area (Å²) in [5.41, 5.74) is 7.29. The number of alkyl halides is 3. The number of likely N-dealkylation sites (N-methyl/N-ethyl adjacent to an activating group) is 1. The van der Waals surface area contributed by atoms with Crippen LogP contribution in [0.25, 0.3) is 0 Å². The summed E-state index contributed by atoms with van der Waals surface area (Å²) in [5.74, 6) is -1.58. The van der Waals surface area contributed by atoms with Crippen LogP contribution in [0.15, 0.2) is 42.6 Å². The molecule has 2 saturated heterocycles. The number of carbonyl (C=O) groups is 3. The average Bonchev–Trinajstić information content (AvgIpc) is 2.86. The number of ether oxygens (including phenoxy) is 1. The molecule has 3 heterocycles. The Morgan fingerprint density at radius 2 is 1.95 bits per heavy atom. The highest BCUT2D eigenvalue weighted by Crippen LogP contribution is 2.33. The van der Waals surface area contributed by atoms with E-state index in [2.05, 4.69) is 15.0 Å². The molecule has 2 fully saturated rings. The summed E-state index contributed by atoms with van der Waals surface area (Å²) in [4.78, 5) is 45.5. The molecule has 0 saturated carbocycles. The second kappa shape index (κ2) is 10.7. The highest BCUT2D eigenvalue weighted by atomic mass is 19.4. The highest BCUT2D eigenvalue weighted by molar-refractivity contribution is 6.01. The first kappa shape index (κ1) is 26.2. The number of nitrogens with two attached hydrogens (primary N) is 1. The summed E-state index contributed by atoms with van der Waals surface area (Å²) in [6, 6.07) is 8.25. The Labute approximate surface area is 211 Å². The van der Waals surface area contributed by atoms with Crippen LogP contribution in [0, 0.1) is 5.92 Å². The summed E-state index contributed by atoms with van der Waals surface area (Å²) < 4.78 is 41.2. The Balaban J connectivity index is 1.39. The molecule has 12 heteroatoms. The van der Waals surface area contributed by atoms with Gasteiger partial charge in [-0.1, -0.05) is 12.1 Å². The van der Waals surface area contributed by atoms with Crippen molar-refractivity contribution in [3.8, 4) is 5.75 Å². The summed E-state index contributed by atoms with van der Waals surface area (Å²) in [6.07, 6.45) is -1.46. The molecule has 37 heavy (non-hydrogen) atoms. The van der Waals surface area contributed by atoms with Crippen LogP contribution < -0.4 is 15.8 Å². The quantitative estimate of drug-likeness (QED) is 0.541. The smallest absolute Gasteiger partial charge is 0.406 e. The van der Waals surface area contributed by atoms with Crippen molar-refractivity contribution in [3.63, 3.8) is 0 Å². The van der Waals surface area contributed by atoms with Gasteiger partial charge in [-0.2, -0.15) is 0 Å². The molecule has 2 aliphatic heterocycles. The van der Waals surface area contributed by atoms with E-state index in [1.54, 1.807) is 29.2 Å². The fourth-order valence-electron chi connectivity index (χ4n) is 5.01. The van der Waals surface area contributed by atoms with Crippen LogP contribution in [0.1, 0.15) is 29.9 Å². The normalized spacial score (nSPS) is 21.8. The number of halogens is 3. The summed E-state index contributed by atoms with van der Waals surface area (Å²) in [7, 11) is 1.48. The maximum Gasteiger partial charge on any atom is 0.573 e. The molecule has 4 rings (SSSR count). The number of piperidine rings is 1. The van der Waals surface area contributed by atoms with Crippen LogP contribution >= 0.6 is 0 Å². The fraction of sp³-hybridized carbons (Fsp3) is 0.440. The molecule has 1 unspecified atom stereocenters. The molecular weight excluding hydrogens is 491 g/mol. The lowest BCUT2D eigenvalue weighted by atomic mass is 9.81. The van der Waals surface area contributed by atoms with E-state index in [1.807, 2.05) is 0 Å². The van der Waals surface area contributed by atoms with Crippen molar-refractivity contribution >= 4 is 23.5 Å². The minimum absolute atomic E-state index is 0.0654. The van der Waals surface area contributed by atoms with Crippen LogP contribution in [0.3, 0.4) is 0 Å². The summed E-state index contributed by atoms with van der Waals surface area (Å²) >= 11 is 0. The minimum atomic E-state index is -4.76. The lowest BCUT2D eigenvalue weighted by Crippen LogP contribution is -2.68. The van der Waals surface area contributed by atoms with E-state index in [9.17, 15) is 27.6 Å². The van der Waals surface area contributed by atoms with Gasteiger partial charge in [-0.15, -0.1) is 13.2 Å². The lowest BCUT2D eigenvalue weighted by molar-refractivity contribution is -0.274. The Kier molecular flexibility index (Phi) is 7.55. The van der Waals surface area contributed by atoms with E-state index in [0.29, 0.717) is 31.7 Å². The number of hydrogen-bond donors (Lipinski definition) is 2. The number of likely N-dealkylation sites (tertiary alicyclic amines) is 2. The van der Waals surface area contributed by atoms with E-state index in [-0.39, 0.29) is 35.9 Å². The predicted octanol–water partition coefficient (Wildman–Crippen LogP) is 2.08. The van der Waals surface area contributed by atoms with Crippen molar-refractivity contribution in [2.45, 2.75) is 37.6 Å². The SMILES string of the molecule is CNC(=O)[C@@H]1[C@@H](Cc2ccnc(N)c2)C(=O)N1CC(=O)N1CCCC(c2ccc(OC(F)(F)F)cc2)C1. The number of amides is 3. The van der Waals surface area contributed by atoms with Crippen molar-refractivity contribution in [1.82, 2.24) is 20.1 Å². The zero-order valence-corrected chi connectivity index (χ0v) is 20.2. The molecule has 2 aromatic rings. The number of β-lactam (4-membered cyclic amide) rings is 1. The van der Waals surface area contributed by atoms with Crippen LogP contribution in [0.4, 0.5) is 19.0 Å². The molecule has 0 spiro atoms. The number of carbonyl (C=O) groups excluding carboxylic acids is 3. The second-order valence-corrected chi connectivity index (χ2v) is 9.22. The van der Waals surface area contributed by atoms with Gasteiger partial charge in [0.1, 0.15) is 24.2 Å². The van der Waals surface area contributed by atoms with Gasteiger partial charge in [0, 0.05) is 32.3 Å². The molecular formula is C25H28F3N5O4. The molecule has 2 aliphatic rings. The van der Waals surface area contributed by atoms with Gasteiger partial charge in [0.2, 0.25) is 17.7 Å². The average molecular weight is 520 g/mol. The maximum atomic E-state index is 13.1. The van der Waals surface area contributed by atoms with Gasteiger partial charge >= 0.3 is 6.36 Å². The molecule has 0 radical (unpaired) electrons. The molecule has 1 aromatic heterocycles. The molecule has 0 aliphatic carbocycles. The first-order chi connectivity index (χ1) is 17.6. The monoisotopic (exact) mass is 519 g/mol. The predicted molar refractivity (Wildman–Crippen MR) is 127 cm³/mol. The van der Waals surface area contributed by atoms with Gasteiger partial charge in [0.15, 0.2) is 0 Å². The van der Waals surface area contributed by atoms with E-state index in [4.69, 9.17) is 5.73 Å². The van der Waals surface area contributed by atoms with E-state index < -0.39 is 18.3 Å². The standard InChI is InChI=1S/C25H28F3N5O4/c1-30-23(35)22-19(11-15-8-9-31-20(29)12-15)24(36)33(22)14-21(34)32-10-2-3-17(13-32)16-4-6-18(7-5-16)37-25(26,27)28/h4-9,12,17,19,22H,2-3,10-11,13-14H2,1H3,(H2,29,31)(H,30,35)/t17?,19-,22+/m1/s1. The van der Waals surface area contributed by atoms with Crippen LogP contribution in [-0.4, -0.2) is 71.6 Å². The molecule has 3 amide bonds. The van der Waals surface area contributed by atoms with Crippen molar-refractivity contribution in [2.75, 3.05) is 32.4 Å². The summed E-state index contributed by atoms with van der Waals surface area (Å²) in [5, 5.41) is 2.57. The lowest BCUT2D eigenvalue weighted by Gasteiger charge is -2.46. The number of benzene rings is 1. The zero-order chi connectivity index (χ0) is 26.7. The largest absolute Gasteiger partial charge is 0.573 e. The number of nitrogens with zero attached hydrogens (tertiary/aromatic N) is 3. The highest BCUT2D eigenvalue weighted by Gasteiger charge is 2.51. The first-order valence-corrected chi connectivity index (χ1v) is 11.9. The number of nitrogen functional groups attached to an aromatic ring is 1. The fourth-order valence-corrected chi connectivity index (χ4v) is 5.01. The maximum absolute atomic E-state index is 13.1. The Hall–Kier alpha value is -3.83. The van der Waals surface area contributed by atoms with Crippen molar-refractivity contribution in [2.24, 2.45) is 5.92 Å². The van der Waals surface area contributed by atoms with Gasteiger partial charge in [-0.05, 0) is 54.7 Å². The third-order valence-electron chi connectivity index (χ3n) is 6.80. The number of hydrogen-bond acceptors (Lipinski definition) is 6. The van der Waals surface area contributed by atoms with E-state index in [0.717, 1.165) is 17.5 Å². The third-order valence-corrected chi connectivity index (χ3v) is 6.80. The number of rotatable bonds is 7. The zero-order valence-electron chi connectivity index (χ0n) is 20.2. The Morgan fingerprint density at radius 1 is 1.22 bits per heavy atom. The van der Waals surface area contributed by atoms with Crippen molar-refractivity contribution in [3.05, 3.63) is 53.7 Å². The minimum Gasteiger partial charge on any atom is -0.406 e. The van der Waals surface area contributed by atoms with Crippen LogP contribution in [-0.2, 0) is 20.8 Å². The number of aromatic nitrogens is 1. The second-order valence-electron chi connectivity index (χ2n) is 9.22. The number of nitrogens with one attached hydrogen (secondary N) is 1. The Bertz CT molecular complexity index is 1160. The van der Waals surface area contributed by atoms with Gasteiger partial charge in [-0.25, -0.2) is 4.98 Å². The first-order valence-electron chi connectivity index (χ1n) is 11.9. The van der Waals surface area contributed by atoms with Crippen molar-refractivity contribution in [1.29, 1.82) is 0 Å². The number of pyridine rings is 1. The molecule has 0 bridgehead atoms. The summed E-state index contributed by atoms with van der Waals surface area (Å²) in [6.45, 7) is 0.638. The third kappa shape index (κ3) is 6.12. The topological polar surface area (TPSA) is 118 Å². The van der Waals surface area contributed by atoms with E-state index in [1.165, 1.54) is 30.3 Å². The van der Waals surface area contributed by atoms with Crippen LogP contribution in [0.5, 0.6) is 5.75 Å². The van der Waals surface area contributed by atoms with Crippen LogP contribution in [0.2, 0.25) is 0 Å². The molecule has 1 aromatic carbocycles. The molecule has 9 nitrogen and oxygen atoms in total. The number of anilines is 1. The van der Waals surface area contributed by atoms with Gasteiger partial charge in [0.25, 0.3) is 0 Å². The van der Waals surface area contributed by atoms with Crippen molar-refractivity contribution < 1.29 is 32.3 Å². The Morgan fingerprint density at radius 3 is 2.59 bits per heavy atom. The molecule has 3 N–H and O–H groups in total. The van der Waals surface area contributed by atoms with Gasteiger partial charge in [0.05, 0.1) is 5.92 Å². The molecule has 3 atom stereocenters. The van der Waals surface area contributed by atoms with Gasteiger partial charge in [-0.3, -0.25) is 14.4 Å².